The number of nitrogen functional groups attached to an aromatic ring is 1. The molecule has 0 saturated carbocycles. The Labute approximate surface area is 237 Å². The van der Waals surface area contributed by atoms with Gasteiger partial charge in [0.2, 0.25) is 0 Å². The van der Waals surface area contributed by atoms with Crippen LogP contribution >= 0.6 is 11.6 Å². The summed E-state index contributed by atoms with van der Waals surface area (Å²) in [6, 6.07) is 7.33. The first kappa shape index (κ1) is 28.6. The molecule has 214 valence electrons. The van der Waals surface area contributed by atoms with Crippen molar-refractivity contribution < 1.29 is 31.1 Å². The van der Waals surface area contributed by atoms with Crippen molar-refractivity contribution in [2.24, 2.45) is 0 Å². The quantitative estimate of drug-likeness (QED) is 0.192. The standard InChI is InChI=1S/C26H15ClF6N8O/c27-18-4-2-1-3-17(18)24(42)20-19(34)10-37-38-21(20)22-23(14-8-35-12-36-9-14)41(40-39-22)11-13-5-15(25(28,29)30)7-16(6-13)26(31,32)33/h1-10,12H,11H2,(H2,34,38). The van der Waals surface area contributed by atoms with E-state index in [1.165, 1.54) is 30.9 Å². The highest BCUT2D eigenvalue weighted by molar-refractivity contribution is 6.35. The molecule has 0 aliphatic carbocycles. The first-order valence-corrected chi connectivity index (χ1v) is 12.1. The van der Waals surface area contributed by atoms with Gasteiger partial charge in [0.05, 0.1) is 40.1 Å². The molecule has 0 aliphatic heterocycles. The summed E-state index contributed by atoms with van der Waals surface area (Å²) in [4.78, 5) is 21.4. The summed E-state index contributed by atoms with van der Waals surface area (Å²) >= 11 is 6.22. The van der Waals surface area contributed by atoms with Crippen LogP contribution in [0.25, 0.3) is 22.6 Å². The Morgan fingerprint density at radius 1 is 0.881 bits per heavy atom. The fourth-order valence-corrected chi connectivity index (χ4v) is 4.38. The summed E-state index contributed by atoms with van der Waals surface area (Å²) in [6.45, 7) is -0.590. The van der Waals surface area contributed by atoms with E-state index in [0.717, 1.165) is 10.9 Å². The second-order valence-corrected chi connectivity index (χ2v) is 9.23. The summed E-state index contributed by atoms with van der Waals surface area (Å²) in [7, 11) is 0. The molecule has 42 heavy (non-hydrogen) atoms. The molecule has 3 heterocycles. The van der Waals surface area contributed by atoms with Crippen LogP contribution in [0, 0.1) is 0 Å². The van der Waals surface area contributed by atoms with Crippen molar-refractivity contribution in [3.05, 3.63) is 100 Å². The molecule has 9 nitrogen and oxygen atoms in total. The topological polar surface area (TPSA) is 125 Å². The molecule has 0 amide bonds. The second-order valence-electron chi connectivity index (χ2n) is 8.82. The molecule has 5 aromatic rings. The van der Waals surface area contributed by atoms with Crippen molar-refractivity contribution >= 4 is 23.1 Å². The zero-order valence-corrected chi connectivity index (χ0v) is 21.6. The molecule has 2 aromatic carbocycles. The summed E-state index contributed by atoms with van der Waals surface area (Å²) < 4.78 is 81.9. The van der Waals surface area contributed by atoms with Gasteiger partial charge in [0, 0.05) is 23.5 Å². The normalized spacial score (nSPS) is 12.0. The van der Waals surface area contributed by atoms with Gasteiger partial charge in [-0.2, -0.15) is 31.4 Å². The van der Waals surface area contributed by atoms with Crippen molar-refractivity contribution in [1.29, 1.82) is 0 Å². The Morgan fingerprint density at radius 3 is 2.14 bits per heavy atom. The minimum atomic E-state index is -5.05. The lowest BCUT2D eigenvalue weighted by Crippen LogP contribution is -2.13. The summed E-state index contributed by atoms with van der Waals surface area (Å²) in [5.41, 5.74) is 2.56. The first-order chi connectivity index (χ1) is 19.8. The number of alkyl halides is 6. The van der Waals surface area contributed by atoms with E-state index in [2.05, 4.69) is 30.5 Å². The second kappa shape index (κ2) is 10.8. The van der Waals surface area contributed by atoms with Crippen LogP contribution in [0.2, 0.25) is 5.02 Å². The van der Waals surface area contributed by atoms with Crippen molar-refractivity contribution in [2.75, 3.05) is 5.73 Å². The third-order valence-corrected chi connectivity index (χ3v) is 6.33. The highest BCUT2D eigenvalue weighted by Gasteiger charge is 2.37. The van der Waals surface area contributed by atoms with Gasteiger partial charge < -0.3 is 5.73 Å². The smallest absolute Gasteiger partial charge is 0.397 e. The zero-order valence-electron chi connectivity index (χ0n) is 20.8. The van der Waals surface area contributed by atoms with E-state index in [1.807, 2.05) is 0 Å². The molecular formula is C26H15ClF6N8O. The Kier molecular flexibility index (Phi) is 7.36. The van der Waals surface area contributed by atoms with Gasteiger partial charge in [-0.3, -0.25) is 4.79 Å². The lowest BCUT2D eigenvalue weighted by atomic mass is 9.98. The minimum absolute atomic E-state index is 0.0229. The van der Waals surface area contributed by atoms with Crippen molar-refractivity contribution in [1.82, 2.24) is 35.2 Å². The number of halogens is 7. The molecular weight excluding hydrogens is 590 g/mol. The molecule has 3 aromatic heterocycles. The van der Waals surface area contributed by atoms with Crippen LogP contribution in [0.4, 0.5) is 32.0 Å². The van der Waals surface area contributed by atoms with Crippen molar-refractivity contribution in [2.45, 2.75) is 18.9 Å². The van der Waals surface area contributed by atoms with E-state index in [-0.39, 0.29) is 56.1 Å². The number of anilines is 1. The number of carbonyl (C=O) groups excluding carboxylic acids is 1. The van der Waals surface area contributed by atoms with E-state index in [4.69, 9.17) is 17.3 Å². The average Bonchev–Trinajstić information content (AvgIpc) is 3.35. The van der Waals surface area contributed by atoms with E-state index >= 15 is 0 Å². The Morgan fingerprint density at radius 2 is 1.52 bits per heavy atom. The van der Waals surface area contributed by atoms with E-state index in [0.29, 0.717) is 12.1 Å². The summed E-state index contributed by atoms with van der Waals surface area (Å²) in [6.07, 6.45) is -5.14. The summed E-state index contributed by atoms with van der Waals surface area (Å²) in [5.74, 6) is -0.638. The van der Waals surface area contributed by atoms with Crippen LogP contribution < -0.4 is 5.73 Å². The highest BCUT2D eigenvalue weighted by Crippen LogP contribution is 2.38. The van der Waals surface area contributed by atoms with Crippen LogP contribution in [0.15, 0.2) is 67.4 Å². The number of nitrogens with two attached hydrogens (primary N) is 1. The number of rotatable bonds is 6. The number of carbonyl (C=O) groups is 1. The largest absolute Gasteiger partial charge is 0.416 e. The van der Waals surface area contributed by atoms with Gasteiger partial charge in [-0.1, -0.05) is 28.9 Å². The van der Waals surface area contributed by atoms with Gasteiger partial charge in [0.15, 0.2) is 5.78 Å². The SMILES string of the molecule is Nc1cnnc(-c2nnn(Cc3cc(C(F)(F)F)cc(C(F)(F)F)c3)c2-c2cncnc2)c1C(=O)c1ccccc1Cl. The van der Waals surface area contributed by atoms with E-state index < -0.39 is 35.8 Å². The van der Waals surface area contributed by atoms with Crippen LogP contribution in [0.1, 0.15) is 32.6 Å². The zero-order chi connectivity index (χ0) is 30.2. The highest BCUT2D eigenvalue weighted by atomic mass is 35.5. The van der Waals surface area contributed by atoms with Gasteiger partial charge in [-0.25, -0.2) is 14.6 Å². The molecule has 0 spiro atoms. The molecule has 0 atom stereocenters. The molecule has 0 aliphatic rings. The van der Waals surface area contributed by atoms with Crippen LogP contribution in [0.3, 0.4) is 0 Å². The average molecular weight is 605 g/mol. The maximum absolute atomic E-state index is 13.6. The number of benzene rings is 2. The van der Waals surface area contributed by atoms with Gasteiger partial charge in [0.1, 0.15) is 23.4 Å². The lowest BCUT2D eigenvalue weighted by molar-refractivity contribution is -0.143. The Balaban J connectivity index is 1.70. The third-order valence-electron chi connectivity index (χ3n) is 6.00. The number of hydrogen-bond donors (Lipinski definition) is 1. The van der Waals surface area contributed by atoms with Crippen LogP contribution in [-0.2, 0) is 18.9 Å². The van der Waals surface area contributed by atoms with Crippen LogP contribution in [0.5, 0.6) is 0 Å². The maximum atomic E-state index is 13.6. The van der Waals surface area contributed by atoms with Gasteiger partial charge in [0.25, 0.3) is 0 Å². The number of aromatic nitrogens is 7. The fraction of sp³-hybridized carbons (Fsp3) is 0.115. The maximum Gasteiger partial charge on any atom is 0.416 e. The molecule has 0 saturated heterocycles. The Bertz CT molecular complexity index is 1760. The number of hydrogen-bond acceptors (Lipinski definition) is 8. The third kappa shape index (κ3) is 5.63. The molecule has 0 unspecified atom stereocenters. The number of nitrogens with zero attached hydrogens (tertiary/aromatic N) is 7. The predicted octanol–water partition coefficient (Wildman–Crippen LogP) is 5.74. The predicted molar refractivity (Wildman–Crippen MR) is 137 cm³/mol. The van der Waals surface area contributed by atoms with E-state index in [9.17, 15) is 31.1 Å². The first-order valence-electron chi connectivity index (χ1n) is 11.7. The number of ketones is 1. The molecule has 0 fully saturated rings. The Hall–Kier alpha value is -4.92. The van der Waals surface area contributed by atoms with Crippen molar-refractivity contribution in [3.63, 3.8) is 0 Å². The van der Waals surface area contributed by atoms with E-state index in [1.54, 1.807) is 12.1 Å². The van der Waals surface area contributed by atoms with Gasteiger partial charge in [-0.05, 0) is 35.9 Å². The fourth-order valence-electron chi connectivity index (χ4n) is 4.16. The molecule has 5 rings (SSSR count). The molecule has 0 bridgehead atoms. The summed E-state index contributed by atoms with van der Waals surface area (Å²) in [5, 5.41) is 16.0. The van der Waals surface area contributed by atoms with Crippen LogP contribution in [-0.4, -0.2) is 40.9 Å². The molecule has 0 radical (unpaired) electrons. The molecule has 16 heteroatoms. The minimum Gasteiger partial charge on any atom is -0.397 e. The lowest BCUT2D eigenvalue weighted by Gasteiger charge is -2.15. The monoisotopic (exact) mass is 604 g/mol. The van der Waals surface area contributed by atoms with Crippen molar-refractivity contribution in [3.8, 4) is 22.6 Å². The van der Waals surface area contributed by atoms with Gasteiger partial charge >= 0.3 is 12.4 Å². The van der Waals surface area contributed by atoms with Gasteiger partial charge in [-0.15, -0.1) is 10.2 Å². The molecule has 2 N–H and O–H groups in total.